The fourth-order valence-electron chi connectivity index (χ4n) is 2.38. The Morgan fingerprint density at radius 2 is 1.74 bits per heavy atom. The molecule has 0 aromatic heterocycles. The minimum absolute atomic E-state index is 0.185. The van der Waals surface area contributed by atoms with Crippen molar-refractivity contribution in [2.24, 2.45) is 5.73 Å². The molecular weight excluding hydrogens is 290 g/mol. The van der Waals surface area contributed by atoms with Crippen LogP contribution in [0.25, 0.3) is 0 Å². The number of anilines is 1. The fourth-order valence-corrected chi connectivity index (χ4v) is 2.38. The second kappa shape index (κ2) is 7.56. The maximum absolute atomic E-state index is 12.2. The standard InChI is InChI=1S/C18H21N3O2/c1-13-7-3-4-8-14(13)11-21(2)12-17(22)20-16-10-6-5-9-15(16)18(19)23/h3-10H,11-12H2,1-2H3,(H2,19,23)(H,20,22). The minimum atomic E-state index is -0.561. The topological polar surface area (TPSA) is 75.4 Å². The Morgan fingerprint density at radius 3 is 2.43 bits per heavy atom. The van der Waals surface area contributed by atoms with Crippen molar-refractivity contribution in [1.29, 1.82) is 0 Å². The van der Waals surface area contributed by atoms with E-state index >= 15 is 0 Å². The van der Waals surface area contributed by atoms with Crippen LogP contribution in [0.3, 0.4) is 0 Å². The van der Waals surface area contributed by atoms with E-state index in [9.17, 15) is 9.59 Å². The van der Waals surface area contributed by atoms with Crippen LogP contribution in [0.2, 0.25) is 0 Å². The number of nitrogens with one attached hydrogen (secondary N) is 1. The quantitative estimate of drug-likeness (QED) is 0.858. The number of hydrogen-bond acceptors (Lipinski definition) is 3. The molecule has 2 amide bonds. The zero-order valence-electron chi connectivity index (χ0n) is 13.4. The minimum Gasteiger partial charge on any atom is -0.366 e. The lowest BCUT2D eigenvalue weighted by Crippen LogP contribution is -2.30. The van der Waals surface area contributed by atoms with Crippen molar-refractivity contribution >= 4 is 17.5 Å². The van der Waals surface area contributed by atoms with Crippen molar-refractivity contribution in [3.8, 4) is 0 Å². The number of nitrogens with two attached hydrogens (primary N) is 1. The van der Waals surface area contributed by atoms with Gasteiger partial charge in [0.05, 0.1) is 17.8 Å². The molecule has 120 valence electrons. The average Bonchev–Trinajstić information content (AvgIpc) is 2.49. The summed E-state index contributed by atoms with van der Waals surface area (Å²) in [5.74, 6) is -0.746. The van der Waals surface area contributed by atoms with Gasteiger partial charge in [-0.3, -0.25) is 14.5 Å². The molecule has 0 saturated carbocycles. The third-order valence-corrected chi connectivity index (χ3v) is 3.58. The molecule has 3 N–H and O–H groups in total. The Labute approximate surface area is 136 Å². The van der Waals surface area contributed by atoms with Crippen molar-refractivity contribution in [3.63, 3.8) is 0 Å². The summed E-state index contributed by atoms with van der Waals surface area (Å²) < 4.78 is 0. The maximum atomic E-state index is 12.2. The summed E-state index contributed by atoms with van der Waals surface area (Å²) in [4.78, 5) is 25.5. The van der Waals surface area contributed by atoms with Crippen molar-refractivity contribution in [2.45, 2.75) is 13.5 Å². The summed E-state index contributed by atoms with van der Waals surface area (Å²) in [6, 6.07) is 14.8. The molecule has 5 nitrogen and oxygen atoms in total. The van der Waals surface area contributed by atoms with Crippen LogP contribution in [0.15, 0.2) is 48.5 Å². The number of carbonyl (C=O) groups is 2. The number of amides is 2. The molecule has 0 aliphatic heterocycles. The second-order valence-electron chi connectivity index (χ2n) is 5.56. The molecule has 0 aliphatic carbocycles. The highest BCUT2D eigenvalue weighted by Gasteiger charge is 2.12. The molecule has 0 bridgehead atoms. The molecule has 0 unspecified atom stereocenters. The van der Waals surface area contributed by atoms with Gasteiger partial charge in [-0.2, -0.15) is 0 Å². The predicted molar refractivity (Wildman–Crippen MR) is 91.1 cm³/mol. The van der Waals surface area contributed by atoms with Crippen molar-refractivity contribution in [3.05, 3.63) is 65.2 Å². The monoisotopic (exact) mass is 311 g/mol. The van der Waals surface area contributed by atoms with Gasteiger partial charge in [-0.15, -0.1) is 0 Å². The van der Waals surface area contributed by atoms with Crippen molar-refractivity contribution in [1.82, 2.24) is 4.90 Å². The zero-order chi connectivity index (χ0) is 16.8. The van der Waals surface area contributed by atoms with Crippen LogP contribution in [0.5, 0.6) is 0 Å². The number of para-hydroxylation sites is 1. The van der Waals surface area contributed by atoms with Crippen LogP contribution < -0.4 is 11.1 Å². The molecule has 0 atom stereocenters. The first-order chi connectivity index (χ1) is 11.0. The Bertz CT molecular complexity index is 713. The first-order valence-electron chi connectivity index (χ1n) is 7.39. The largest absolute Gasteiger partial charge is 0.366 e. The van der Waals surface area contributed by atoms with Gasteiger partial charge in [-0.25, -0.2) is 0 Å². The number of benzene rings is 2. The Morgan fingerprint density at radius 1 is 1.09 bits per heavy atom. The molecule has 0 radical (unpaired) electrons. The van der Waals surface area contributed by atoms with Gasteiger partial charge < -0.3 is 11.1 Å². The van der Waals surface area contributed by atoms with Crippen LogP contribution in [0, 0.1) is 6.92 Å². The van der Waals surface area contributed by atoms with E-state index in [2.05, 4.69) is 5.32 Å². The third-order valence-electron chi connectivity index (χ3n) is 3.58. The average molecular weight is 311 g/mol. The number of hydrogen-bond donors (Lipinski definition) is 2. The Hall–Kier alpha value is -2.66. The molecule has 23 heavy (non-hydrogen) atoms. The summed E-state index contributed by atoms with van der Waals surface area (Å²) >= 11 is 0. The maximum Gasteiger partial charge on any atom is 0.250 e. The number of carbonyl (C=O) groups excluding carboxylic acids is 2. The highest BCUT2D eigenvalue weighted by molar-refractivity contribution is 6.03. The van der Waals surface area contributed by atoms with Gasteiger partial charge in [0.15, 0.2) is 0 Å². The highest BCUT2D eigenvalue weighted by Crippen LogP contribution is 2.14. The van der Waals surface area contributed by atoms with Gasteiger partial charge in [0, 0.05) is 6.54 Å². The van der Waals surface area contributed by atoms with Gasteiger partial charge in [0.1, 0.15) is 0 Å². The Balaban J connectivity index is 1.97. The van der Waals surface area contributed by atoms with Gasteiger partial charge in [0.2, 0.25) is 5.91 Å². The number of rotatable bonds is 6. The lowest BCUT2D eigenvalue weighted by molar-refractivity contribution is -0.117. The van der Waals surface area contributed by atoms with E-state index in [1.165, 1.54) is 11.1 Å². The normalized spacial score (nSPS) is 10.6. The molecule has 0 fully saturated rings. The third kappa shape index (κ3) is 4.66. The summed E-state index contributed by atoms with van der Waals surface area (Å²) in [5.41, 5.74) is 8.43. The SMILES string of the molecule is Cc1ccccc1CN(C)CC(=O)Nc1ccccc1C(N)=O. The molecule has 0 saturated heterocycles. The van der Waals surface area contributed by atoms with Crippen LogP contribution in [-0.2, 0) is 11.3 Å². The summed E-state index contributed by atoms with van der Waals surface area (Å²) in [6.45, 7) is 2.95. The van der Waals surface area contributed by atoms with Gasteiger partial charge in [-0.05, 0) is 37.2 Å². The van der Waals surface area contributed by atoms with E-state index in [1.807, 2.05) is 43.1 Å². The molecule has 0 spiro atoms. The number of primary amides is 1. The fraction of sp³-hybridized carbons (Fsp3) is 0.222. The van der Waals surface area contributed by atoms with E-state index in [-0.39, 0.29) is 12.5 Å². The lowest BCUT2D eigenvalue weighted by atomic mass is 10.1. The first-order valence-corrected chi connectivity index (χ1v) is 7.39. The highest BCUT2D eigenvalue weighted by atomic mass is 16.2. The van der Waals surface area contributed by atoms with Crippen LogP contribution >= 0.6 is 0 Å². The zero-order valence-corrected chi connectivity index (χ0v) is 13.4. The van der Waals surface area contributed by atoms with Crippen molar-refractivity contribution < 1.29 is 9.59 Å². The number of aryl methyl sites for hydroxylation is 1. The molecule has 2 aromatic rings. The van der Waals surface area contributed by atoms with Gasteiger partial charge >= 0.3 is 0 Å². The van der Waals surface area contributed by atoms with E-state index in [1.54, 1.807) is 24.3 Å². The molecule has 0 aliphatic rings. The molecule has 5 heteroatoms. The Kier molecular flexibility index (Phi) is 5.49. The number of nitrogens with zero attached hydrogens (tertiary/aromatic N) is 1. The summed E-state index contributed by atoms with van der Waals surface area (Å²) in [5, 5.41) is 2.74. The van der Waals surface area contributed by atoms with Crippen LogP contribution in [-0.4, -0.2) is 30.3 Å². The second-order valence-corrected chi connectivity index (χ2v) is 5.56. The van der Waals surface area contributed by atoms with Gasteiger partial charge in [-0.1, -0.05) is 36.4 Å². The van der Waals surface area contributed by atoms with E-state index in [4.69, 9.17) is 5.73 Å². The molecule has 2 aromatic carbocycles. The van der Waals surface area contributed by atoms with E-state index in [0.29, 0.717) is 17.8 Å². The molecule has 0 heterocycles. The molecule has 2 rings (SSSR count). The number of likely N-dealkylation sites (N-methyl/N-ethyl adjacent to an activating group) is 1. The summed E-state index contributed by atoms with van der Waals surface area (Å²) in [6.07, 6.45) is 0. The molecular formula is C18H21N3O2. The van der Waals surface area contributed by atoms with E-state index in [0.717, 1.165) is 0 Å². The van der Waals surface area contributed by atoms with Gasteiger partial charge in [0.25, 0.3) is 5.91 Å². The first kappa shape index (κ1) is 16.7. The van der Waals surface area contributed by atoms with Crippen LogP contribution in [0.4, 0.5) is 5.69 Å². The predicted octanol–water partition coefficient (Wildman–Crippen LogP) is 2.16. The van der Waals surface area contributed by atoms with E-state index < -0.39 is 5.91 Å². The lowest BCUT2D eigenvalue weighted by Gasteiger charge is -2.18. The van der Waals surface area contributed by atoms with Crippen LogP contribution in [0.1, 0.15) is 21.5 Å². The summed E-state index contributed by atoms with van der Waals surface area (Å²) in [7, 11) is 1.88. The van der Waals surface area contributed by atoms with Crippen molar-refractivity contribution in [2.75, 3.05) is 18.9 Å². The smallest absolute Gasteiger partial charge is 0.250 e.